The largest absolute Gasteiger partial charge is 0.396 e. The van der Waals surface area contributed by atoms with E-state index in [0.717, 1.165) is 58.0 Å². The Bertz CT molecular complexity index is 679. The van der Waals surface area contributed by atoms with Gasteiger partial charge in [-0.15, -0.1) is 0 Å². The zero-order valence-corrected chi connectivity index (χ0v) is 18.8. The van der Waals surface area contributed by atoms with Gasteiger partial charge in [0.1, 0.15) is 0 Å². The number of ketones is 1. The minimum Gasteiger partial charge on any atom is -0.396 e. The van der Waals surface area contributed by atoms with Gasteiger partial charge < -0.3 is 10.2 Å². The number of carbonyl (C=O) groups excluding carboxylic acids is 1. The minimum atomic E-state index is -0.567. The van der Waals surface area contributed by atoms with E-state index < -0.39 is 5.60 Å². The lowest BCUT2D eigenvalue weighted by Crippen LogP contribution is -2.58. The molecule has 1 aliphatic heterocycles. The van der Waals surface area contributed by atoms with Crippen molar-refractivity contribution in [3.63, 3.8) is 0 Å². The molecule has 8 atom stereocenters. The van der Waals surface area contributed by atoms with Crippen LogP contribution in [-0.4, -0.2) is 52.8 Å². The molecule has 1 heterocycles. The van der Waals surface area contributed by atoms with Gasteiger partial charge in [-0.3, -0.25) is 4.79 Å². The first-order valence-corrected chi connectivity index (χ1v) is 12.4. The minimum absolute atomic E-state index is 0.000275. The molecule has 0 aromatic carbocycles. The molecule has 0 bridgehead atoms. The number of nitrogens with one attached hydrogen (secondary N) is 2. The third-order valence-corrected chi connectivity index (χ3v) is 10.4. The van der Waals surface area contributed by atoms with E-state index in [4.69, 9.17) is 0 Å². The zero-order valence-electron chi connectivity index (χ0n) is 18.8. The van der Waals surface area contributed by atoms with Gasteiger partial charge in [-0.05, 0) is 99.2 Å². The van der Waals surface area contributed by atoms with Crippen molar-refractivity contribution in [1.82, 2.24) is 16.0 Å². The van der Waals surface area contributed by atoms with Crippen LogP contribution in [0.5, 0.6) is 0 Å². The first-order valence-electron chi connectivity index (χ1n) is 12.4. The smallest absolute Gasteiger partial charge is 0.151 e. The summed E-state index contributed by atoms with van der Waals surface area (Å²) in [5.74, 6) is 2.86. The predicted molar refractivity (Wildman–Crippen MR) is 115 cm³/mol. The monoisotopic (exact) mass is 419 g/mol. The number of Topliss-reactive ketones (excluding diaryl/α,β-unsaturated/α-hetero) is 1. The summed E-state index contributed by atoms with van der Waals surface area (Å²) in [5, 5.41) is 23.3. The second-order valence-electron chi connectivity index (χ2n) is 11.8. The first-order chi connectivity index (χ1) is 14.3. The average Bonchev–Trinajstić information content (AvgIpc) is 3.34. The van der Waals surface area contributed by atoms with Crippen molar-refractivity contribution in [2.75, 3.05) is 26.2 Å². The number of nitrogens with zero attached hydrogens (tertiary/aromatic N) is 1. The second-order valence-corrected chi connectivity index (χ2v) is 11.8. The number of hydrogen-bond acceptors (Lipinski definition) is 6. The Morgan fingerprint density at radius 3 is 2.63 bits per heavy atom. The number of fused-ring (bicyclic) bond motifs is 5. The Morgan fingerprint density at radius 2 is 1.90 bits per heavy atom. The molecule has 170 valence electrons. The van der Waals surface area contributed by atoms with Gasteiger partial charge >= 0.3 is 0 Å². The molecule has 5 aliphatic rings. The highest BCUT2D eigenvalue weighted by atomic mass is 16.3. The van der Waals surface area contributed by atoms with Crippen molar-refractivity contribution in [3.8, 4) is 0 Å². The molecule has 1 saturated heterocycles. The molecule has 0 radical (unpaired) electrons. The van der Waals surface area contributed by atoms with Crippen molar-refractivity contribution in [3.05, 3.63) is 0 Å². The summed E-state index contributed by atoms with van der Waals surface area (Å²) in [6.45, 7) is 6.94. The average molecular weight is 420 g/mol. The van der Waals surface area contributed by atoms with Crippen LogP contribution < -0.4 is 11.0 Å². The van der Waals surface area contributed by atoms with Crippen LogP contribution in [0.2, 0.25) is 0 Å². The quantitative estimate of drug-likeness (QED) is 0.559. The highest BCUT2D eigenvalue weighted by Crippen LogP contribution is 2.68. The first kappa shape index (κ1) is 21.3. The van der Waals surface area contributed by atoms with E-state index in [9.17, 15) is 15.0 Å². The highest BCUT2D eigenvalue weighted by molar-refractivity contribution is 5.84. The molecule has 1 unspecified atom stereocenters. The standard InChI is InChI=1S/C24H41N3O3/c1-22(30)9-10-24(15-28)16(13-22)3-4-17-18-5-6-20(23(18,2)8-7-19(17)24)21(29)14-27-12-11-25-26-27/h16-20,25-26,28,30H,3-15H2,1-2H3/t16-,17-,18-,19?,20+,22+,23-,24+/m0/s1. The lowest BCUT2D eigenvalue weighted by Gasteiger charge is -2.62. The van der Waals surface area contributed by atoms with Crippen LogP contribution in [0.3, 0.4) is 0 Å². The normalized spacial score (nSPS) is 51.3. The van der Waals surface area contributed by atoms with Gasteiger partial charge in [0.2, 0.25) is 0 Å². The van der Waals surface area contributed by atoms with Gasteiger partial charge in [0.15, 0.2) is 5.78 Å². The number of aliphatic hydroxyl groups excluding tert-OH is 1. The topological polar surface area (TPSA) is 84.8 Å². The Balaban J connectivity index is 1.35. The number of aliphatic hydroxyl groups is 2. The third-order valence-electron chi connectivity index (χ3n) is 10.4. The zero-order chi connectivity index (χ0) is 21.1. The molecule has 4 saturated carbocycles. The Labute approximate surface area is 181 Å². The second kappa shape index (κ2) is 7.51. The van der Waals surface area contributed by atoms with Crippen molar-refractivity contribution in [2.45, 2.75) is 77.2 Å². The molecule has 4 aliphatic carbocycles. The summed E-state index contributed by atoms with van der Waals surface area (Å²) in [5.41, 5.74) is 5.75. The molecule has 30 heavy (non-hydrogen) atoms. The summed E-state index contributed by atoms with van der Waals surface area (Å²) < 4.78 is 0. The lowest BCUT2D eigenvalue weighted by atomic mass is 9.43. The van der Waals surface area contributed by atoms with E-state index in [1.807, 2.05) is 11.9 Å². The van der Waals surface area contributed by atoms with Crippen LogP contribution in [0.15, 0.2) is 0 Å². The van der Waals surface area contributed by atoms with E-state index in [1.54, 1.807) is 0 Å². The van der Waals surface area contributed by atoms with Gasteiger partial charge in [0.05, 0.1) is 12.1 Å². The van der Waals surface area contributed by atoms with E-state index in [-0.39, 0.29) is 23.4 Å². The Kier molecular flexibility index (Phi) is 5.34. The van der Waals surface area contributed by atoms with Crippen LogP contribution in [0.4, 0.5) is 0 Å². The van der Waals surface area contributed by atoms with Gasteiger partial charge in [-0.25, -0.2) is 10.4 Å². The molecule has 0 aromatic rings. The predicted octanol–water partition coefficient (Wildman–Crippen LogP) is 2.26. The summed E-state index contributed by atoms with van der Waals surface area (Å²) >= 11 is 0. The summed E-state index contributed by atoms with van der Waals surface area (Å²) in [7, 11) is 0. The maximum atomic E-state index is 13.3. The maximum Gasteiger partial charge on any atom is 0.151 e. The molecular formula is C24H41N3O3. The number of carbonyl (C=O) groups is 1. The van der Waals surface area contributed by atoms with E-state index >= 15 is 0 Å². The van der Waals surface area contributed by atoms with Gasteiger partial charge in [0, 0.05) is 25.6 Å². The fourth-order valence-electron chi connectivity index (χ4n) is 8.90. The SMILES string of the molecule is C[C@@]1(O)CC[C@]2(CO)C3CC[C@]4(C)[C@@H](C(=O)CN5CCNN5)CC[C@H]4[C@@H]3CC[C@H]2C1. The Hall–Kier alpha value is -0.530. The van der Waals surface area contributed by atoms with Gasteiger partial charge in [-0.2, -0.15) is 5.53 Å². The van der Waals surface area contributed by atoms with Crippen LogP contribution in [-0.2, 0) is 4.79 Å². The van der Waals surface area contributed by atoms with E-state index in [1.165, 1.54) is 12.8 Å². The van der Waals surface area contributed by atoms with Crippen LogP contribution in [0.1, 0.15) is 71.6 Å². The molecule has 5 fully saturated rings. The molecule has 0 aromatic heterocycles. The fraction of sp³-hybridized carbons (Fsp3) is 0.958. The Morgan fingerprint density at radius 1 is 1.07 bits per heavy atom. The van der Waals surface area contributed by atoms with Gasteiger partial charge in [-0.1, -0.05) is 6.92 Å². The molecule has 0 amide bonds. The summed E-state index contributed by atoms with van der Waals surface area (Å²) in [4.78, 5) is 13.3. The summed E-state index contributed by atoms with van der Waals surface area (Å²) in [6.07, 6.45) is 9.43. The number of hydrogen-bond donors (Lipinski definition) is 4. The van der Waals surface area contributed by atoms with Gasteiger partial charge in [0.25, 0.3) is 0 Å². The molecule has 6 nitrogen and oxygen atoms in total. The van der Waals surface area contributed by atoms with Crippen LogP contribution >= 0.6 is 0 Å². The molecular weight excluding hydrogens is 378 g/mol. The van der Waals surface area contributed by atoms with Crippen molar-refractivity contribution < 1.29 is 15.0 Å². The molecule has 0 spiro atoms. The highest BCUT2D eigenvalue weighted by Gasteiger charge is 2.62. The van der Waals surface area contributed by atoms with E-state index in [0.29, 0.717) is 36.0 Å². The maximum absolute atomic E-state index is 13.3. The van der Waals surface area contributed by atoms with Crippen molar-refractivity contribution >= 4 is 5.78 Å². The number of rotatable bonds is 4. The third kappa shape index (κ3) is 3.21. The van der Waals surface area contributed by atoms with Crippen molar-refractivity contribution in [2.24, 2.45) is 40.4 Å². The number of hydrazine groups is 2. The summed E-state index contributed by atoms with van der Waals surface area (Å²) in [6, 6.07) is 0. The molecule has 6 heteroatoms. The van der Waals surface area contributed by atoms with Crippen LogP contribution in [0.25, 0.3) is 0 Å². The van der Waals surface area contributed by atoms with E-state index in [2.05, 4.69) is 17.9 Å². The molecule has 5 rings (SSSR count). The van der Waals surface area contributed by atoms with Crippen molar-refractivity contribution in [1.29, 1.82) is 0 Å². The fourth-order valence-corrected chi connectivity index (χ4v) is 8.90. The molecule has 4 N–H and O–H groups in total. The van der Waals surface area contributed by atoms with Crippen LogP contribution in [0, 0.1) is 40.4 Å². The lowest BCUT2D eigenvalue weighted by molar-refractivity contribution is -0.171.